The van der Waals surface area contributed by atoms with Crippen LogP contribution in [0.5, 0.6) is 0 Å². The van der Waals surface area contributed by atoms with E-state index in [4.69, 9.17) is 0 Å². The lowest BCUT2D eigenvalue weighted by atomic mass is 9.44. The molecule has 0 aliphatic heterocycles. The second kappa shape index (κ2) is 5.17. The van der Waals surface area contributed by atoms with E-state index in [1.54, 1.807) is 0 Å². The van der Waals surface area contributed by atoms with Gasteiger partial charge in [-0.05, 0) is 86.4 Å². The molecule has 4 rings (SSSR count). The number of carbonyl (C=O) groups is 2. The monoisotopic (exact) mass is 316 g/mol. The summed E-state index contributed by atoms with van der Waals surface area (Å²) in [4.78, 5) is 24.1. The number of hydrogen-bond acceptors (Lipinski definition) is 2. The SMILES string of the molecule is CC(=O)[C@H]1CC[C@H]2[C@@H]3CCC4CC(=O)CC[C@]4(C)C3CC[C@]12C. The van der Waals surface area contributed by atoms with Gasteiger partial charge in [-0.2, -0.15) is 0 Å². The predicted octanol–water partition coefficient (Wildman–Crippen LogP) is 4.80. The lowest BCUT2D eigenvalue weighted by Gasteiger charge is -2.60. The molecule has 23 heavy (non-hydrogen) atoms. The molecule has 0 N–H and O–H groups in total. The van der Waals surface area contributed by atoms with Crippen molar-refractivity contribution in [1.29, 1.82) is 0 Å². The smallest absolute Gasteiger partial charge is 0.133 e. The van der Waals surface area contributed by atoms with E-state index in [1.165, 1.54) is 32.1 Å². The van der Waals surface area contributed by atoms with Crippen molar-refractivity contribution in [3.63, 3.8) is 0 Å². The van der Waals surface area contributed by atoms with Gasteiger partial charge in [-0.15, -0.1) is 0 Å². The summed E-state index contributed by atoms with van der Waals surface area (Å²) in [5.74, 6) is 4.25. The Morgan fingerprint density at radius 3 is 2.43 bits per heavy atom. The topological polar surface area (TPSA) is 34.1 Å². The van der Waals surface area contributed by atoms with Gasteiger partial charge < -0.3 is 0 Å². The number of Topliss-reactive ketones (excluding diaryl/α,β-unsaturated/α-hetero) is 2. The molecule has 0 heterocycles. The van der Waals surface area contributed by atoms with Crippen LogP contribution in [0.2, 0.25) is 0 Å². The van der Waals surface area contributed by atoms with Crippen molar-refractivity contribution in [3.05, 3.63) is 0 Å². The molecule has 2 unspecified atom stereocenters. The highest BCUT2D eigenvalue weighted by Crippen LogP contribution is 2.67. The van der Waals surface area contributed by atoms with Gasteiger partial charge in [0.1, 0.15) is 11.6 Å². The van der Waals surface area contributed by atoms with Crippen LogP contribution in [0, 0.1) is 40.4 Å². The van der Waals surface area contributed by atoms with Gasteiger partial charge in [0.15, 0.2) is 0 Å². The highest BCUT2D eigenvalue weighted by atomic mass is 16.1. The number of rotatable bonds is 1. The Bertz CT molecular complexity index is 538. The van der Waals surface area contributed by atoms with Crippen LogP contribution in [0.15, 0.2) is 0 Å². The fourth-order valence-corrected chi connectivity index (χ4v) is 7.71. The zero-order valence-electron chi connectivity index (χ0n) is 15.1. The molecule has 2 nitrogen and oxygen atoms in total. The number of carbonyl (C=O) groups excluding carboxylic acids is 2. The Balaban J connectivity index is 1.63. The van der Waals surface area contributed by atoms with Crippen LogP contribution in [0.3, 0.4) is 0 Å². The van der Waals surface area contributed by atoms with E-state index in [1.807, 2.05) is 6.92 Å². The zero-order chi connectivity index (χ0) is 16.4. The van der Waals surface area contributed by atoms with Crippen LogP contribution in [-0.4, -0.2) is 11.6 Å². The van der Waals surface area contributed by atoms with E-state index in [0.29, 0.717) is 28.8 Å². The minimum absolute atomic E-state index is 0.265. The van der Waals surface area contributed by atoms with Gasteiger partial charge in [-0.1, -0.05) is 13.8 Å². The van der Waals surface area contributed by atoms with Gasteiger partial charge in [-0.3, -0.25) is 9.59 Å². The molecule has 0 spiro atoms. The van der Waals surface area contributed by atoms with Crippen molar-refractivity contribution in [1.82, 2.24) is 0 Å². The molecule has 0 aromatic rings. The van der Waals surface area contributed by atoms with E-state index >= 15 is 0 Å². The summed E-state index contributed by atoms with van der Waals surface area (Å²) in [5.41, 5.74) is 0.660. The van der Waals surface area contributed by atoms with Crippen LogP contribution < -0.4 is 0 Å². The van der Waals surface area contributed by atoms with Crippen molar-refractivity contribution < 1.29 is 9.59 Å². The fraction of sp³-hybridized carbons (Fsp3) is 0.905. The van der Waals surface area contributed by atoms with Crippen LogP contribution in [0.4, 0.5) is 0 Å². The summed E-state index contributed by atoms with van der Waals surface area (Å²) in [6.07, 6.45) is 10.3. The van der Waals surface area contributed by atoms with Crippen LogP contribution >= 0.6 is 0 Å². The second-order valence-corrected chi connectivity index (χ2v) is 9.68. The first kappa shape index (κ1) is 15.8. The van der Waals surface area contributed by atoms with Crippen molar-refractivity contribution >= 4 is 11.6 Å². The summed E-state index contributed by atoms with van der Waals surface area (Å²) in [5, 5.41) is 0. The lowest BCUT2D eigenvalue weighted by molar-refractivity contribution is -0.143. The van der Waals surface area contributed by atoms with Gasteiger partial charge in [0.05, 0.1) is 0 Å². The summed E-state index contributed by atoms with van der Waals surface area (Å²) < 4.78 is 0. The molecule has 0 radical (unpaired) electrons. The molecule has 2 heteroatoms. The Morgan fingerprint density at radius 2 is 1.70 bits per heavy atom. The largest absolute Gasteiger partial charge is 0.300 e. The summed E-state index contributed by atoms with van der Waals surface area (Å²) >= 11 is 0. The predicted molar refractivity (Wildman–Crippen MR) is 90.9 cm³/mol. The van der Waals surface area contributed by atoms with Crippen molar-refractivity contribution in [2.75, 3.05) is 0 Å². The molecule has 0 aromatic carbocycles. The standard InChI is InChI=1S/C21H32O2/c1-13(22)17-6-7-18-16-5-4-14-12-15(23)8-10-20(14,2)19(16)9-11-21(17,18)3/h14,16-19H,4-12H2,1-3H3/t14?,16-,17+,18-,19?,20-,21+/m0/s1. The maximum atomic E-state index is 12.2. The van der Waals surface area contributed by atoms with Crippen molar-refractivity contribution in [2.45, 2.75) is 78.6 Å². The Labute approximate surface area is 140 Å². The molecule has 4 aliphatic rings. The molecule has 0 saturated heterocycles. The average molecular weight is 316 g/mol. The first-order valence-electron chi connectivity index (χ1n) is 9.88. The third-order valence-corrected chi connectivity index (χ3v) is 8.97. The van der Waals surface area contributed by atoms with Gasteiger partial charge in [-0.25, -0.2) is 0 Å². The van der Waals surface area contributed by atoms with E-state index in [-0.39, 0.29) is 5.41 Å². The molecule has 0 bridgehead atoms. The number of fused-ring (bicyclic) bond motifs is 5. The van der Waals surface area contributed by atoms with E-state index < -0.39 is 0 Å². The lowest BCUT2D eigenvalue weighted by Crippen LogP contribution is -2.53. The number of hydrogen-bond donors (Lipinski definition) is 0. The minimum Gasteiger partial charge on any atom is -0.300 e. The maximum Gasteiger partial charge on any atom is 0.133 e. The van der Waals surface area contributed by atoms with E-state index in [0.717, 1.165) is 43.4 Å². The molecular formula is C21H32O2. The molecule has 7 atom stereocenters. The van der Waals surface area contributed by atoms with Crippen molar-refractivity contribution in [2.24, 2.45) is 40.4 Å². The fourth-order valence-electron chi connectivity index (χ4n) is 7.71. The summed E-state index contributed by atoms with van der Waals surface area (Å²) in [7, 11) is 0. The second-order valence-electron chi connectivity index (χ2n) is 9.68. The van der Waals surface area contributed by atoms with E-state index in [2.05, 4.69) is 13.8 Å². The molecule has 0 aromatic heterocycles. The summed E-state index contributed by atoms with van der Waals surface area (Å²) in [6, 6.07) is 0. The Hall–Kier alpha value is -0.660. The number of ketones is 2. The Kier molecular flexibility index (Phi) is 3.56. The quantitative estimate of drug-likeness (QED) is 0.696. The summed E-state index contributed by atoms with van der Waals surface area (Å²) in [6.45, 7) is 6.74. The first-order valence-corrected chi connectivity index (χ1v) is 9.88. The van der Waals surface area contributed by atoms with Gasteiger partial charge in [0.2, 0.25) is 0 Å². The van der Waals surface area contributed by atoms with E-state index in [9.17, 15) is 9.59 Å². The highest BCUT2D eigenvalue weighted by Gasteiger charge is 2.60. The molecular weight excluding hydrogens is 284 g/mol. The van der Waals surface area contributed by atoms with Crippen LogP contribution in [0.25, 0.3) is 0 Å². The van der Waals surface area contributed by atoms with Crippen LogP contribution in [0.1, 0.15) is 78.6 Å². The van der Waals surface area contributed by atoms with Crippen molar-refractivity contribution in [3.8, 4) is 0 Å². The minimum atomic E-state index is 0.265. The first-order chi connectivity index (χ1) is 10.9. The highest BCUT2D eigenvalue weighted by molar-refractivity contribution is 5.80. The third kappa shape index (κ3) is 2.12. The molecule has 4 aliphatic carbocycles. The maximum absolute atomic E-state index is 12.2. The molecule has 128 valence electrons. The van der Waals surface area contributed by atoms with Gasteiger partial charge >= 0.3 is 0 Å². The molecule has 4 fully saturated rings. The van der Waals surface area contributed by atoms with Gasteiger partial charge in [0, 0.05) is 18.8 Å². The average Bonchev–Trinajstić information content (AvgIpc) is 2.85. The molecule has 0 amide bonds. The van der Waals surface area contributed by atoms with Crippen LogP contribution in [-0.2, 0) is 9.59 Å². The van der Waals surface area contributed by atoms with Gasteiger partial charge in [0.25, 0.3) is 0 Å². The third-order valence-electron chi connectivity index (χ3n) is 8.97. The Morgan fingerprint density at radius 1 is 0.957 bits per heavy atom. The normalized spacial score (nSPS) is 52.5. The zero-order valence-corrected chi connectivity index (χ0v) is 15.1. The molecule has 4 saturated carbocycles.